The summed E-state index contributed by atoms with van der Waals surface area (Å²) in [4.78, 5) is 55.3. The highest BCUT2D eigenvalue weighted by Gasteiger charge is 2.61. The number of benzene rings is 1. The van der Waals surface area contributed by atoms with Crippen LogP contribution in [-0.2, 0) is 43.0 Å². The molecule has 1 aliphatic heterocycles. The Morgan fingerprint density at radius 2 is 1.71 bits per heavy atom. The van der Waals surface area contributed by atoms with E-state index in [1.54, 1.807) is 18.2 Å². The molecule has 0 spiro atoms. The summed E-state index contributed by atoms with van der Waals surface area (Å²) in [5.41, 5.74) is -1.75. The van der Waals surface area contributed by atoms with Gasteiger partial charge in [-0.2, -0.15) is 8.42 Å². The third kappa shape index (κ3) is 7.22. The third-order valence-corrected chi connectivity index (χ3v) is 11.9. The van der Waals surface area contributed by atoms with Crippen LogP contribution >= 0.6 is 15.9 Å². The summed E-state index contributed by atoms with van der Waals surface area (Å²) in [5, 5.41) is 0. The predicted molar refractivity (Wildman–Crippen MR) is 167 cm³/mol. The van der Waals surface area contributed by atoms with Crippen molar-refractivity contribution in [3.8, 4) is 0 Å². The van der Waals surface area contributed by atoms with Crippen molar-refractivity contribution in [2.45, 2.75) is 88.9 Å². The summed E-state index contributed by atoms with van der Waals surface area (Å²) >= 11 is 3.29. The number of carbonyl (C=O) groups is 4. The fourth-order valence-corrected chi connectivity index (χ4v) is 8.50. The highest BCUT2D eigenvalue weighted by atomic mass is 79.9. The zero-order valence-corrected chi connectivity index (χ0v) is 28.6. The molecule has 246 valence electrons. The first-order valence-corrected chi connectivity index (χ1v) is 17.7. The number of carbonyl (C=O) groups excluding carboxylic acids is 4. The number of likely N-dealkylation sites (tertiary alicyclic amines) is 1. The van der Waals surface area contributed by atoms with Crippen molar-refractivity contribution < 1.29 is 41.3 Å². The predicted octanol–water partition coefficient (Wildman–Crippen LogP) is 4.84. The van der Waals surface area contributed by atoms with E-state index in [1.165, 1.54) is 30.6 Å². The minimum absolute atomic E-state index is 0.0605. The number of halogens is 1. The molecule has 8 atom stereocenters. The number of fused-ring (bicyclic) bond motifs is 1. The van der Waals surface area contributed by atoms with Crippen LogP contribution in [0.5, 0.6) is 0 Å². The average Bonchev–Trinajstić information content (AvgIpc) is 3.78. The van der Waals surface area contributed by atoms with Gasteiger partial charge in [0.1, 0.15) is 6.10 Å². The van der Waals surface area contributed by atoms with Gasteiger partial charge in [0.15, 0.2) is 5.78 Å². The van der Waals surface area contributed by atoms with E-state index in [9.17, 15) is 27.6 Å². The molecule has 1 amide bonds. The molecule has 4 aliphatic rings. The SMILES string of the molecule is C=C[C@@H]1CC1(CC(=O)[C@@H]1C[C@H](OS(=O)(=O)c2ccc(Br)cc2)CN1C(=O)[C@@H](CC(=O)OC1C[C@@H]2C[C@@H]2C1)C(C)(C)C)C(=O)OC. The van der Waals surface area contributed by atoms with E-state index in [0.717, 1.165) is 12.8 Å². The molecule has 10 nitrogen and oxygen atoms in total. The maximum absolute atomic E-state index is 14.3. The first-order valence-electron chi connectivity index (χ1n) is 15.5. The Hall–Kier alpha value is -2.57. The van der Waals surface area contributed by atoms with Crippen LogP contribution in [0.4, 0.5) is 0 Å². The van der Waals surface area contributed by atoms with Gasteiger partial charge in [-0.15, -0.1) is 6.58 Å². The van der Waals surface area contributed by atoms with Gasteiger partial charge in [0.25, 0.3) is 10.1 Å². The fourth-order valence-electron chi connectivity index (χ4n) is 7.16. The van der Waals surface area contributed by atoms with Crippen LogP contribution in [0.25, 0.3) is 0 Å². The zero-order chi connectivity index (χ0) is 32.9. The van der Waals surface area contributed by atoms with E-state index in [-0.39, 0.29) is 42.7 Å². The number of allylic oxidation sites excluding steroid dienone is 1. The third-order valence-electron chi connectivity index (χ3n) is 10.00. The summed E-state index contributed by atoms with van der Waals surface area (Å²) in [6, 6.07) is 4.90. The van der Waals surface area contributed by atoms with Gasteiger partial charge in [-0.1, -0.05) is 42.8 Å². The lowest BCUT2D eigenvalue weighted by atomic mass is 9.77. The fraction of sp³-hybridized carbons (Fsp3) is 0.636. The smallest absolute Gasteiger partial charge is 0.312 e. The Labute approximate surface area is 273 Å². The lowest BCUT2D eigenvalue weighted by molar-refractivity contribution is -0.157. The van der Waals surface area contributed by atoms with Gasteiger partial charge in [-0.3, -0.25) is 23.4 Å². The molecule has 45 heavy (non-hydrogen) atoms. The number of hydrogen-bond acceptors (Lipinski definition) is 9. The van der Waals surface area contributed by atoms with E-state index < -0.39 is 62.6 Å². The molecule has 1 saturated heterocycles. The number of Topliss-reactive ketones (excluding diaryl/α,β-unsaturated/α-hetero) is 1. The van der Waals surface area contributed by atoms with Gasteiger partial charge in [-0.25, -0.2) is 0 Å². The quantitative estimate of drug-likeness (QED) is 0.170. The van der Waals surface area contributed by atoms with Crippen LogP contribution in [-0.4, -0.2) is 68.9 Å². The Balaban J connectivity index is 1.37. The number of methoxy groups -OCH3 is 1. The Morgan fingerprint density at radius 3 is 2.27 bits per heavy atom. The molecule has 3 saturated carbocycles. The van der Waals surface area contributed by atoms with Gasteiger partial charge in [0.05, 0.1) is 41.9 Å². The van der Waals surface area contributed by atoms with Gasteiger partial charge >= 0.3 is 11.9 Å². The van der Waals surface area contributed by atoms with Crippen LogP contribution in [0, 0.1) is 34.5 Å². The monoisotopic (exact) mass is 707 g/mol. The number of ketones is 1. The summed E-state index contributed by atoms with van der Waals surface area (Å²) in [7, 11) is -2.96. The highest BCUT2D eigenvalue weighted by molar-refractivity contribution is 9.10. The second-order valence-corrected chi connectivity index (χ2v) is 16.7. The van der Waals surface area contributed by atoms with Crippen molar-refractivity contribution in [1.82, 2.24) is 4.90 Å². The maximum atomic E-state index is 14.3. The molecule has 1 heterocycles. The van der Waals surface area contributed by atoms with Crippen LogP contribution < -0.4 is 0 Å². The Bertz CT molecular complexity index is 1460. The van der Waals surface area contributed by atoms with Crippen molar-refractivity contribution in [1.29, 1.82) is 0 Å². The first kappa shape index (κ1) is 33.8. The topological polar surface area (TPSA) is 133 Å². The van der Waals surface area contributed by atoms with Crippen molar-refractivity contribution in [3.05, 3.63) is 41.4 Å². The van der Waals surface area contributed by atoms with Crippen molar-refractivity contribution in [3.63, 3.8) is 0 Å². The Kier molecular flexibility index (Phi) is 9.43. The van der Waals surface area contributed by atoms with Gasteiger partial charge in [-0.05, 0) is 73.1 Å². The number of nitrogens with zero attached hydrogens (tertiary/aromatic N) is 1. The lowest BCUT2D eigenvalue weighted by Gasteiger charge is -2.35. The van der Waals surface area contributed by atoms with E-state index in [4.69, 9.17) is 13.7 Å². The minimum Gasteiger partial charge on any atom is -0.469 e. The van der Waals surface area contributed by atoms with Crippen LogP contribution in [0.2, 0.25) is 0 Å². The standard InChI is InChI=1S/C33H42BrNO9S/c1-6-21-16-33(21,31(39)42-5)17-28(36)27-14-24(44-45(40,41)25-9-7-22(34)8-10-25)18-35(27)30(38)26(32(2,3)4)15-29(37)43-23-12-19-11-20(19)13-23/h6-10,19-21,23-24,26-27H,1,11-18H2,2-5H3/t19-,20+,21-,23?,24+,26-,27+,33?/m1/s1. The first-order chi connectivity index (χ1) is 21.1. The normalized spacial score (nSPS) is 31.1. The number of hydrogen-bond donors (Lipinski definition) is 0. The second kappa shape index (κ2) is 12.6. The number of amides is 1. The molecule has 0 bridgehead atoms. The minimum atomic E-state index is -4.23. The van der Waals surface area contributed by atoms with Gasteiger partial charge < -0.3 is 14.4 Å². The lowest BCUT2D eigenvalue weighted by Crippen LogP contribution is -2.48. The molecule has 0 aromatic heterocycles. The van der Waals surface area contributed by atoms with E-state index in [0.29, 0.717) is 22.7 Å². The second-order valence-electron chi connectivity index (χ2n) is 14.2. The summed E-state index contributed by atoms with van der Waals surface area (Å²) in [6.07, 6.45) is 3.32. The molecule has 5 rings (SSSR count). The molecule has 0 radical (unpaired) electrons. The van der Waals surface area contributed by atoms with E-state index in [2.05, 4.69) is 22.5 Å². The van der Waals surface area contributed by atoms with E-state index >= 15 is 0 Å². The van der Waals surface area contributed by atoms with Crippen molar-refractivity contribution in [2.24, 2.45) is 34.5 Å². The highest BCUT2D eigenvalue weighted by Crippen LogP contribution is 2.57. The summed E-state index contributed by atoms with van der Waals surface area (Å²) in [5.74, 6) is -1.66. The molecule has 1 aromatic rings. The van der Waals surface area contributed by atoms with Gasteiger partial charge in [0.2, 0.25) is 5.91 Å². The van der Waals surface area contributed by atoms with Gasteiger partial charge in [0, 0.05) is 23.9 Å². The number of rotatable bonds is 12. The number of esters is 2. The molecular weight excluding hydrogens is 666 g/mol. The Morgan fingerprint density at radius 1 is 1.07 bits per heavy atom. The largest absolute Gasteiger partial charge is 0.469 e. The molecular formula is C33H42BrNO9S. The van der Waals surface area contributed by atoms with Crippen LogP contribution in [0.3, 0.4) is 0 Å². The summed E-state index contributed by atoms with van der Waals surface area (Å²) < 4.78 is 43.4. The summed E-state index contributed by atoms with van der Waals surface area (Å²) in [6.45, 7) is 9.14. The molecule has 0 N–H and O–H groups in total. The molecule has 12 heteroatoms. The molecule has 3 aliphatic carbocycles. The van der Waals surface area contributed by atoms with Crippen LogP contribution in [0.1, 0.15) is 65.7 Å². The zero-order valence-electron chi connectivity index (χ0n) is 26.2. The number of ether oxygens (including phenoxy) is 2. The maximum Gasteiger partial charge on any atom is 0.312 e. The van der Waals surface area contributed by atoms with E-state index in [1.807, 2.05) is 20.8 Å². The van der Waals surface area contributed by atoms with Crippen LogP contribution in [0.15, 0.2) is 46.3 Å². The average molecular weight is 709 g/mol. The molecule has 4 fully saturated rings. The molecule has 1 aromatic carbocycles. The van der Waals surface area contributed by atoms with Crippen molar-refractivity contribution in [2.75, 3.05) is 13.7 Å². The molecule has 2 unspecified atom stereocenters. The van der Waals surface area contributed by atoms with Crippen molar-refractivity contribution >= 4 is 49.7 Å².